The highest BCUT2D eigenvalue weighted by molar-refractivity contribution is 6.03. The van der Waals surface area contributed by atoms with E-state index < -0.39 is 60.7 Å². The van der Waals surface area contributed by atoms with E-state index in [1.807, 2.05) is 6.92 Å². The fraction of sp³-hybridized carbons (Fsp3) is 0.481. The number of nitrogens with zero attached hydrogens (tertiary/aromatic N) is 1. The Morgan fingerprint density at radius 1 is 0.976 bits per heavy atom. The summed E-state index contributed by atoms with van der Waals surface area (Å²) in [4.78, 5) is 67.9. The highest BCUT2D eigenvalue weighted by atomic mass is 16.7. The molecule has 0 unspecified atom stereocenters. The van der Waals surface area contributed by atoms with Crippen LogP contribution < -0.4 is 10.1 Å². The molecule has 0 aliphatic carbocycles. The van der Waals surface area contributed by atoms with Crippen LogP contribution in [0.15, 0.2) is 29.4 Å². The summed E-state index contributed by atoms with van der Waals surface area (Å²) in [6.45, 7) is 5.15. The number of hydrogen-bond donors (Lipinski definition) is 2. The highest BCUT2D eigenvalue weighted by Gasteiger charge is 2.55. The third-order valence-corrected chi connectivity index (χ3v) is 6.65. The largest absolute Gasteiger partial charge is 0.467 e. The molecule has 15 nitrogen and oxygen atoms in total. The van der Waals surface area contributed by atoms with Gasteiger partial charge in [-0.05, 0) is 17.7 Å². The molecule has 3 heterocycles. The van der Waals surface area contributed by atoms with Gasteiger partial charge < -0.3 is 38.1 Å². The summed E-state index contributed by atoms with van der Waals surface area (Å²) in [5.41, 5.74) is 1.42. The summed E-state index contributed by atoms with van der Waals surface area (Å²) in [6, 6.07) is 5.11. The Morgan fingerprint density at radius 3 is 2.21 bits per heavy atom. The van der Waals surface area contributed by atoms with Gasteiger partial charge in [0.2, 0.25) is 12.4 Å². The SMILES string of the molecule is CN=C1NC(=O)[C@H]([C@H](C)c2c[nH]c3cc(O[C@@H]4O[C@H](C(=O)OC)[C@@H](OC(C)=O)[C@H](OC(C)=O)[C@H]4OC(C)=O)ccc23)O1. The van der Waals surface area contributed by atoms with Gasteiger partial charge in [0.05, 0.1) is 7.11 Å². The smallest absolute Gasteiger partial charge is 0.339 e. The van der Waals surface area contributed by atoms with Crippen LogP contribution in [-0.2, 0) is 52.4 Å². The van der Waals surface area contributed by atoms with Gasteiger partial charge in [0, 0.05) is 56.9 Å². The molecule has 15 heteroatoms. The fourth-order valence-corrected chi connectivity index (χ4v) is 4.87. The number of rotatable bonds is 8. The summed E-state index contributed by atoms with van der Waals surface area (Å²) in [7, 11) is 2.61. The summed E-state index contributed by atoms with van der Waals surface area (Å²) in [6.07, 6.45) is -6.56. The Balaban J connectivity index is 1.65. The molecule has 226 valence electrons. The first-order chi connectivity index (χ1) is 19.9. The third kappa shape index (κ3) is 6.30. The zero-order chi connectivity index (χ0) is 30.7. The van der Waals surface area contributed by atoms with Crippen LogP contribution in [0.2, 0.25) is 0 Å². The number of aliphatic imine (C=N–C) groups is 1. The van der Waals surface area contributed by atoms with Crippen LogP contribution in [0.4, 0.5) is 0 Å². The Hall–Kier alpha value is -4.66. The predicted molar refractivity (Wildman–Crippen MR) is 141 cm³/mol. The molecular weight excluding hydrogens is 558 g/mol. The first kappa shape index (κ1) is 30.3. The molecule has 0 spiro atoms. The number of amidine groups is 1. The standard InChI is InChI=1S/C27H31N3O12/c1-11(19-24(34)30-27(28-5)42-19)17-10-29-18-9-15(7-8-16(17)18)40-26-23(39-14(4)33)21(38-13(3)32)20(37-12(2)31)22(41-26)25(35)36-6/h7-11,19-23,26,29H,1-6H3,(H,28,30,34)/t11-,19+,20+,21+,22+,23-,26-/m1/s1. The molecule has 0 saturated carbocycles. The number of H-pyrrole nitrogens is 1. The molecule has 42 heavy (non-hydrogen) atoms. The molecule has 2 aromatic rings. The molecule has 1 amide bonds. The lowest BCUT2D eigenvalue weighted by atomic mass is 9.94. The maximum atomic E-state index is 12.6. The Morgan fingerprint density at radius 2 is 1.62 bits per heavy atom. The quantitative estimate of drug-likeness (QED) is 0.326. The fourth-order valence-electron chi connectivity index (χ4n) is 4.87. The van der Waals surface area contributed by atoms with E-state index in [1.165, 1.54) is 7.05 Å². The lowest BCUT2D eigenvalue weighted by molar-refractivity contribution is -0.282. The van der Waals surface area contributed by atoms with Crippen molar-refractivity contribution >= 4 is 46.7 Å². The van der Waals surface area contributed by atoms with Crippen molar-refractivity contribution in [3.05, 3.63) is 30.0 Å². The van der Waals surface area contributed by atoms with Crippen LogP contribution in [0.1, 0.15) is 39.2 Å². The lowest BCUT2D eigenvalue weighted by Crippen LogP contribution is -2.64. The van der Waals surface area contributed by atoms with E-state index in [2.05, 4.69) is 15.3 Å². The minimum absolute atomic E-state index is 0.149. The summed E-state index contributed by atoms with van der Waals surface area (Å²) < 4.78 is 38.3. The zero-order valence-corrected chi connectivity index (χ0v) is 23.7. The van der Waals surface area contributed by atoms with Crippen LogP contribution in [0.5, 0.6) is 5.75 Å². The number of methoxy groups -OCH3 is 1. The molecule has 2 aliphatic rings. The van der Waals surface area contributed by atoms with Crippen molar-refractivity contribution in [3.63, 3.8) is 0 Å². The molecule has 1 aromatic heterocycles. The van der Waals surface area contributed by atoms with E-state index in [1.54, 1.807) is 24.4 Å². The minimum Gasteiger partial charge on any atom is -0.467 e. The van der Waals surface area contributed by atoms with E-state index >= 15 is 0 Å². The van der Waals surface area contributed by atoms with E-state index in [0.29, 0.717) is 5.52 Å². The monoisotopic (exact) mass is 589 g/mol. The molecule has 0 bridgehead atoms. The van der Waals surface area contributed by atoms with E-state index in [0.717, 1.165) is 38.8 Å². The van der Waals surface area contributed by atoms with Crippen molar-refractivity contribution in [2.75, 3.05) is 14.2 Å². The van der Waals surface area contributed by atoms with Gasteiger partial charge in [0.15, 0.2) is 24.4 Å². The summed E-state index contributed by atoms with van der Waals surface area (Å²) in [5, 5.41) is 3.35. The molecule has 2 N–H and O–H groups in total. The highest BCUT2D eigenvalue weighted by Crippen LogP contribution is 2.35. The molecule has 0 radical (unpaired) electrons. The average Bonchev–Trinajstić information content (AvgIpc) is 3.53. The molecule has 7 atom stereocenters. The third-order valence-electron chi connectivity index (χ3n) is 6.65. The number of benzene rings is 1. The van der Waals surface area contributed by atoms with Crippen molar-refractivity contribution in [2.45, 2.75) is 70.4 Å². The maximum absolute atomic E-state index is 12.6. The van der Waals surface area contributed by atoms with Crippen molar-refractivity contribution in [1.29, 1.82) is 0 Å². The minimum atomic E-state index is -1.59. The van der Waals surface area contributed by atoms with Crippen LogP contribution in [0, 0.1) is 0 Å². The Labute approximate surface area is 239 Å². The summed E-state index contributed by atoms with van der Waals surface area (Å²) >= 11 is 0. The number of nitrogens with one attached hydrogen (secondary N) is 2. The van der Waals surface area contributed by atoms with E-state index in [-0.39, 0.29) is 23.6 Å². The number of hydrogen-bond acceptors (Lipinski definition) is 13. The van der Waals surface area contributed by atoms with Gasteiger partial charge in [-0.25, -0.2) is 9.79 Å². The second-order valence-corrected chi connectivity index (χ2v) is 9.58. The van der Waals surface area contributed by atoms with Crippen molar-refractivity contribution < 1.29 is 57.1 Å². The Kier molecular flexibility index (Phi) is 8.99. The van der Waals surface area contributed by atoms with Crippen LogP contribution in [0.25, 0.3) is 10.9 Å². The Bertz CT molecular complexity index is 1420. The number of esters is 4. The van der Waals surface area contributed by atoms with Crippen LogP contribution in [0.3, 0.4) is 0 Å². The van der Waals surface area contributed by atoms with Gasteiger partial charge in [-0.2, -0.15) is 0 Å². The first-order valence-corrected chi connectivity index (χ1v) is 12.9. The maximum Gasteiger partial charge on any atom is 0.339 e. The topological polar surface area (TPSA) is 190 Å². The number of carbonyl (C=O) groups excluding carboxylic acids is 5. The number of ether oxygens (including phenoxy) is 7. The number of carbonyl (C=O) groups is 5. The molecule has 1 aromatic carbocycles. The van der Waals surface area contributed by atoms with Gasteiger partial charge in [-0.1, -0.05) is 6.92 Å². The molecule has 2 aliphatic heterocycles. The molecule has 2 saturated heterocycles. The second-order valence-electron chi connectivity index (χ2n) is 9.58. The number of fused-ring (bicyclic) bond motifs is 1. The van der Waals surface area contributed by atoms with E-state index in [9.17, 15) is 24.0 Å². The van der Waals surface area contributed by atoms with Gasteiger partial charge in [-0.15, -0.1) is 0 Å². The lowest BCUT2D eigenvalue weighted by Gasteiger charge is -2.43. The first-order valence-electron chi connectivity index (χ1n) is 12.9. The van der Waals surface area contributed by atoms with Gasteiger partial charge in [0.1, 0.15) is 5.75 Å². The molecule has 4 rings (SSSR count). The number of aromatic nitrogens is 1. The van der Waals surface area contributed by atoms with Crippen molar-refractivity contribution in [2.24, 2.45) is 4.99 Å². The van der Waals surface area contributed by atoms with Crippen molar-refractivity contribution in [3.8, 4) is 5.75 Å². The van der Waals surface area contributed by atoms with Gasteiger partial charge in [-0.3, -0.25) is 24.5 Å². The van der Waals surface area contributed by atoms with Crippen LogP contribution in [-0.4, -0.2) is 91.8 Å². The average molecular weight is 590 g/mol. The van der Waals surface area contributed by atoms with Crippen molar-refractivity contribution in [1.82, 2.24) is 10.3 Å². The molecule has 2 fully saturated rings. The van der Waals surface area contributed by atoms with Gasteiger partial charge >= 0.3 is 23.9 Å². The van der Waals surface area contributed by atoms with Crippen LogP contribution >= 0.6 is 0 Å². The number of amides is 1. The molecular formula is C27H31N3O12. The zero-order valence-electron chi connectivity index (χ0n) is 23.7. The predicted octanol–water partition coefficient (Wildman–Crippen LogP) is 0.844. The normalized spacial score (nSPS) is 27.0. The van der Waals surface area contributed by atoms with E-state index in [4.69, 9.17) is 33.2 Å². The van der Waals surface area contributed by atoms with Gasteiger partial charge in [0.25, 0.3) is 11.9 Å². The second kappa shape index (κ2) is 12.5. The number of aromatic amines is 1. The summed E-state index contributed by atoms with van der Waals surface area (Å²) in [5.74, 6) is -3.76.